The monoisotopic (exact) mass is 882 g/mol. The Bertz CT molecular complexity index is 1870. The number of aromatic hydroxyl groups is 1. The Hall–Kier alpha value is -6.51. The highest BCUT2D eigenvalue weighted by Gasteiger charge is 2.34. The van der Waals surface area contributed by atoms with E-state index < -0.39 is 83.5 Å². The lowest BCUT2D eigenvalue weighted by Gasteiger charge is -2.30. The molecule has 63 heavy (non-hydrogen) atoms. The van der Waals surface area contributed by atoms with Crippen molar-refractivity contribution in [1.82, 2.24) is 31.9 Å². The number of primary amides is 2. The summed E-state index contributed by atoms with van der Waals surface area (Å²) in [7, 11) is 0. The van der Waals surface area contributed by atoms with Crippen LogP contribution < -0.4 is 60.6 Å². The van der Waals surface area contributed by atoms with Crippen LogP contribution in [0.2, 0.25) is 0 Å². The van der Waals surface area contributed by atoms with E-state index >= 15 is 0 Å². The summed E-state index contributed by atoms with van der Waals surface area (Å²) in [4.78, 5) is 96.9. The number of nitrogens with two attached hydrogens (primary N) is 5. The fourth-order valence-electron chi connectivity index (χ4n) is 7.10. The van der Waals surface area contributed by atoms with Crippen molar-refractivity contribution in [3.8, 4) is 5.75 Å². The van der Waals surface area contributed by atoms with Gasteiger partial charge >= 0.3 is 6.03 Å². The van der Waals surface area contributed by atoms with Gasteiger partial charge in [0.15, 0.2) is 5.96 Å². The Morgan fingerprint density at radius 2 is 1.14 bits per heavy atom. The quantitative estimate of drug-likeness (QED) is 0.0328. The van der Waals surface area contributed by atoms with Gasteiger partial charge in [-0.2, -0.15) is 0 Å². The van der Waals surface area contributed by atoms with Crippen molar-refractivity contribution in [2.45, 2.75) is 120 Å². The number of hydrogen-bond donors (Lipinski definition) is 12. The van der Waals surface area contributed by atoms with E-state index in [0.717, 1.165) is 32.1 Å². The second-order valence-corrected chi connectivity index (χ2v) is 15.8. The first kappa shape index (κ1) is 50.8. The summed E-state index contributed by atoms with van der Waals surface area (Å²) >= 11 is 0. The van der Waals surface area contributed by atoms with Gasteiger partial charge in [-0.15, -0.1) is 0 Å². The lowest BCUT2D eigenvalue weighted by molar-refractivity contribution is -0.135. The zero-order valence-corrected chi connectivity index (χ0v) is 35.6. The van der Waals surface area contributed by atoms with Crippen molar-refractivity contribution >= 4 is 47.4 Å². The van der Waals surface area contributed by atoms with Gasteiger partial charge in [-0.25, -0.2) is 9.18 Å². The van der Waals surface area contributed by atoms with E-state index in [0.29, 0.717) is 11.1 Å². The van der Waals surface area contributed by atoms with Crippen molar-refractivity contribution < 1.29 is 43.1 Å². The van der Waals surface area contributed by atoms with E-state index in [1.54, 1.807) is 12.1 Å². The van der Waals surface area contributed by atoms with E-state index in [9.17, 15) is 43.1 Å². The van der Waals surface area contributed by atoms with Crippen LogP contribution in [-0.4, -0.2) is 102 Å². The maximum atomic E-state index is 14.3. The number of phenols is 1. The van der Waals surface area contributed by atoms with Crippen molar-refractivity contribution in [1.29, 1.82) is 0 Å². The molecule has 346 valence electrons. The summed E-state index contributed by atoms with van der Waals surface area (Å²) < 4.78 is 13.7. The average molecular weight is 883 g/mol. The molecular weight excluding hydrogens is 820 g/mol. The Labute approximate surface area is 365 Å². The van der Waals surface area contributed by atoms with Gasteiger partial charge in [0.05, 0.1) is 6.04 Å². The van der Waals surface area contributed by atoms with Gasteiger partial charge < -0.3 is 65.7 Å². The second-order valence-electron chi connectivity index (χ2n) is 15.8. The zero-order chi connectivity index (χ0) is 46.5. The number of halogens is 1. The Morgan fingerprint density at radius 3 is 1.68 bits per heavy atom. The SMILES string of the molecule is C[C@H](N)C(=O)N[C@@H](Cc1ccc(F)cc1)C(=O)N[C@@H](CCCN=C(N)N)C(=O)N[C@@H](CC1CCCCC1)C(=O)N[C@@H](CCCNC(N)=O)C(=O)N[C@H](Cc1ccc(O)cc1)C(N)=O. The number of carbonyl (C=O) groups is 7. The van der Waals surface area contributed by atoms with Gasteiger partial charge in [0.1, 0.15) is 41.8 Å². The maximum Gasteiger partial charge on any atom is 0.312 e. The Balaban J connectivity index is 1.92. The number of benzene rings is 2. The molecule has 0 spiro atoms. The second kappa shape index (κ2) is 26.1. The Kier molecular flexibility index (Phi) is 21.0. The van der Waals surface area contributed by atoms with Crippen LogP contribution in [0.25, 0.3) is 0 Å². The topological polar surface area (TPSA) is 354 Å². The number of phenolic OH excluding ortho intramolecular Hbond substituents is 1. The van der Waals surface area contributed by atoms with E-state index in [2.05, 4.69) is 36.9 Å². The first-order valence-corrected chi connectivity index (χ1v) is 21.1. The molecule has 0 aliphatic heterocycles. The number of guanidine groups is 1. The van der Waals surface area contributed by atoms with Crippen LogP contribution in [-0.2, 0) is 41.6 Å². The fraction of sp³-hybridized carbons (Fsp3) is 0.524. The molecule has 20 nitrogen and oxygen atoms in total. The van der Waals surface area contributed by atoms with Crippen molar-refractivity contribution in [2.75, 3.05) is 13.1 Å². The first-order valence-electron chi connectivity index (χ1n) is 21.1. The molecule has 0 heterocycles. The molecule has 1 saturated carbocycles. The Morgan fingerprint density at radius 1 is 0.667 bits per heavy atom. The van der Waals surface area contributed by atoms with Crippen molar-refractivity contribution in [2.24, 2.45) is 39.6 Å². The van der Waals surface area contributed by atoms with Gasteiger partial charge in [0, 0.05) is 25.9 Å². The molecule has 6 atom stereocenters. The molecule has 1 aliphatic carbocycles. The van der Waals surface area contributed by atoms with E-state index in [-0.39, 0.29) is 75.7 Å². The minimum absolute atomic E-state index is 0.00277. The number of aliphatic imine (C=N–C) groups is 1. The number of carbonyl (C=O) groups excluding carboxylic acids is 7. The number of rotatable bonds is 25. The van der Waals surface area contributed by atoms with Crippen LogP contribution in [0.15, 0.2) is 53.5 Å². The predicted octanol–water partition coefficient (Wildman–Crippen LogP) is -0.955. The highest BCUT2D eigenvalue weighted by Crippen LogP contribution is 2.27. The highest BCUT2D eigenvalue weighted by atomic mass is 19.1. The largest absolute Gasteiger partial charge is 0.508 e. The molecule has 0 unspecified atom stereocenters. The van der Waals surface area contributed by atoms with Crippen LogP contribution >= 0.6 is 0 Å². The number of nitrogens with zero attached hydrogens (tertiary/aromatic N) is 1. The molecule has 2 aromatic rings. The third kappa shape index (κ3) is 19.0. The van der Waals surface area contributed by atoms with Gasteiger partial charge in [-0.3, -0.25) is 33.8 Å². The number of nitrogens with one attached hydrogen (secondary N) is 6. The molecule has 1 aliphatic rings. The van der Waals surface area contributed by atoms with Gasteiger partial charge in [-0.05, 0) is 80.3 Å². The summed E-state index contributed by atoms with van der Waals surface area (Å²) in [5.41, 5.74) is 28.7. The minimum Gasteiger partial charge on any atom is -0.508 e. The van der Waals surface area contributed by atoms with Crippen LogP contribution in [0.5, 0.6) is 5.75 Å². The molecule has 21 heteroatoms. The molecule has 8 amide bonds. The molecule has 3 rings (SSSR count). The van der Waals surface area contributed by atoms with Crippen LogP contribution in [0.1, 0.15) is 82.3 Å². The lowest BCUT2D eigenvalue weighted by Crippen LogP contribution is -2.60. The minimum atomic E-state index is -1.29. The smallest absolute Gasteiger partial charge is 0.312 e. The van der Waals surface area contributed by atoms with E-state index in [1.807, 2.05) is 0 Å². The molecule has 0 aromatic heterocycles. The zero-order valence-electron chi connectivity index (χ0n) is 35.6. The van der Waals surface area contributed by atoms with Crippen LogP contribution in [0, 0.1) is 11.7 Å². The summed E-state index contributed by atoms with van der Waals surface area (Å²) in [6, 6.07) is 3.23. The summed E-state index contributed by atoms with van der Waals surface area (Å²) in [6.07, 6.45) is 4.81. The molecule has 2 aromatic carbocycles. The standard InChI is InChI=1S/C42H63FN12O8/c1-24(44)36(58)54-33(23-26-11-15-28(43)16-12-26)39(61)52-31(9-5-19-49-41(46)47)38(60)55-34(22-25-7-3-2-4-8-25)40(62)51-30(10-6-20-50-42(48)63)37(59)53-32(35(45)57)21-27-13-17-29(56)18-14-27/h11-18,24-25,30-34,56H,2-10,19-23,44H2,1H3,(H2,45,57)(H,51,62)(H,52,61)(H,53,59)(H,54,58)(H,55,60)(H4,46,47,49)(H3,48,50,63)/t24-,30-,31-,32+,33-,34-/m0/s1. The lowest BCUT2D eigenvalue weighted by atomic mass is 9.84. The van der Waals surface area contributed by atoms with E-state index in [1.165, 1.54) is 43.3 Å². The molecular formula is C42H63FN12O8. The van der Waals surface area contributed by atoms with Gasteiger partial charge in [-0.1, -0.05) is 56.4 Å². The summed E-state index contributed by atoms with van der Waals surface area (Å²) in [5.74, 6) is -5.19. The normalized spacial score (nSPS) is 15.5. The number of urea groups is 1. The highest BCUT2D eigenvalue weighted by molar-refractivity contribution is 5.96. The number of amides is 8. The molecule has 1 fully saturated rings. The van der Waals surface area contributed by atoms with Crippen LogP contribution in [0.4, 0.5) is 9.18 Å². The van der Waals surface area contributed by atoms with E-state index in [4.69, 9.17) is 28.7 Å². The van der Waals surface area contributed by atoms with Crippen molar-refractivity contribution in [3.05, 3.63) is 65.5 Å². The third-order valence-electron chi connectivity index (χ3n) is 10.5. The molecule has 17 N–H and O–H groups in total. The first-order chi connectivity index (χ1) is 29.9. The fourth-order valence-corrected chi connectivity index (χ4v) is 7.10. The van der Waals surface area contributed by atoms with Gasteiger partial charge in [0.2, 0.25) is 35.4 Å². The predicted molar refractivity (Wildman–Crippen MR) is 232 cm³/mol. The van der Waals surface area contributed by atoms with Crippen molar-refractivity contribution in [3.63, 3.8) is 0 Å². The summed E-state index contributed by atoms with van der Waals surface area (Å²) in [6.45, 7) is 1.58. The van der Waals surface area contributed by atoms with Crippen LogP contribution in [0.3, 0.4) is 0 Å². The van der Waals surface area contributed by atoms with Gasteiger partial charge in [0.25, 0.3) is 0 Å². The third-order valence-corrected chi connectivity index (χ3v) is 10.5. The molecule has 0 bridgehead atoms. The molecule has 0 saturated heterocycles. The number of hydrogen-bond acceptors (Lipinski definition) is 10. The maximum absolute atomic E-state index is 14.3. The molecule has 0 radical (unpaired) electrons. The average Bonchev–Trinajstić information content (AvgIpc) is 3.23. The summed E-state index contributed by atoms with van der Waals surface area (Å²) in [5, 5.41) is 25.5.